The molecule has 1 aromatic carbocycles. The van der Waals surface area contributed by atoms with E-state index in [9.17, 15) is 14.4 Å². The molecular weight excluding hydrogens is 442 g/mol. The number of nitrogen functional groups attached to an aromatic ring is 1. The van der Waals surface area contributed by atoms with Crippen molar-refractivity contribution < 1.29 is 4.79 Å². The second-order valence-electron chi connectivity index (χ2n) is 7.30. The molecule has 4 aromatic rings. The zero-order chi connectivity index (χ0) is 23.5. The van der Waals surface area contributed by atoms with E-state index in [1.807, 2.05) is 36.4 Å². The number of hydrogen-bond donors (Lipinski definition) is 1. The Morgan fingerprint density at radius 3 is 2.48 bits per heavy atom. The van der Waals surface area contributed by atoms with Crippen molar-refractivity contribution >= 4 is 23.4 Å². The minimum atomic E-state index is -0.721. The monoisotopic (exact) mass is 463 g/mol. The molecule has 4 rings (SSSR count). The maximum Gasteiger partial charge on any atom is 0.332 e. The molecule has 168 valence electrons. The van der Waals surface area contributed by atoms with E-state index in [-0.39, 0.29) is 23.7 Å². The van der Waals surface area contributed by atoms with Gasteiger partial charge in [-0.2, -0.15) is 0 Å². The molecule has 0 spiro atoms. The average molecular weight is 464 g/mol. The summed E-state index contributed by atoms with van der Waals surface area (Å²) in [7, 11) is 3.11. The van der Waals surface area contributed by atoms with Crippen LogP contribution in [0, 0.1) is 0 Å². The van der Waals surface area contributed by atoms with Crippen molar-refractivity contribution in [3.63, 3.8) is 0 Å². The molecule has 3 aromatic heterocycles. The number of carbonyl (C=O) groups is 1. The number of nitrogens with zero attached hydrogens (tertiary/aromatic N) is 6. The van der Waals surface area contributed by atoms with E-state index in [0.29, 0.717) is 11.0 Å². The number of benzene rings is 1. The molecule has 0 fully saturated rings. The Balaban J connectivity index is 1.61. The molecule has 0 saturated carbocycles. The van der Waals surface area contributed by atoms with Crippen LogP contribution in [0.15, 0.2) is 69.6 Å². The lowest BCUT2D eigenvalue weighted by Gasteiger charge is -2.14. The molecule has 0 amide bonds. The quantitative estimate of drug-likeness (QED) is 0.321. The van der Waals surface area contributed by atoms with Crippen LogP contribution in [-0.4, -0.2) is 40.4 Å². The Hall–Kier alpha value is -3.99. The second-order valence-corrected chi connectivity index (χ2v) is 8.24. The molecule has 33 heavy (non-hydrogen) atoms. The zero-order valence-corrected chi connectivity index (χ0v) is 18.8. The van der Waals surface area contributed by atoms with Gasteiger partial charge in [0.25, 0.3) is 5.56 Å². The summed E-state index contributed by atoms with van der Waals surface area (Å²) >= 11 is 1.13. The van der Waals surface area contributed by atoms with Crippen molar-refractivity contribution in [2.75, 3.05) is 11.5 Å². The molecule has 0 radical (unpaired) electrons. The first-order valence-corrected chi connectivity index (χ1v) is 11.0. The highest BCUT2D eigenvalue weighted by Gasteiger charge is 2.23. The molecule has 10 nitrogen and oxygen atoms in total. The van der Waals surface area contributed by atoms with Gasteiger partial charge < -0.3 is 10.3 Å². The van der Waals surface area contributed by atoms with Crippen molar-refractivity contribution in [3.8, 4) is 11.4 Å². The van der Waals surface area contributed by atoms with Gasteiger partial charge in [-0.05, 0) is 17.7 Å². The number of pyridine rings is 1. The van der Waals surface area contributed by atoms with Gasteiger partial charge in [0, 0.05) is 32.1 Å². The van der Waals surface area contributed by atoms with E-state index in [4.69, 9.17) is 5.73 Å². The van der Waals surface area contributed by atoms with E-state index in [1.165, 1.54) is 11.6 Å². The third kappa shape index (κ3) is 4.35. The normalized spacial score (nSPS) is 11.0. The number of ketones is 1. The minimum Gasteiger partial charge on any atom is -0.384 e. The predicted molar refractivity (Wildman–Crippen MR) is 125 cm³/mol. The molecule has 0 aliphatic heterocycles. The minimum absolute atomic E-state index is 0.0952. The number of Topliss-reactive ketones (excluding diaryl/α,β-unsaturated/α-hetero) is 1. The van der Waals surface area contributed by atoms with Gasteiger partial charge >= 0.3 is 5.69 Å². The van der Waals surface area contributed by atoms with Gasteiger partial charge in [-0.1, -0.05) is 42.1 Å². The number of nitrogens with two attached hydrogens (primary N) is 1. The van der Waals surface area contributed by atoms with Crippen LogP contribution in [0.1, 0.15) is 15.9 Å². The Labute approximate surface area is 192 Å². The van der Waals surface area contributed by atoms with Crippen LogP contribution < -0.4 is 17.0 Å². The van der Waals surface area contributed by atoms with Gasteiger partial charge in [0.05, 0.1) is 12.3 Å². The fourth-order valence-electron chi connectivity index (χ4n) is 3.35. The third-order valence-electron chi connectivity index (χ3n) is 5.13. The van der Waals surface area contributed by atoms with Gasteiger partial charge in [-0.3, -0.25) is 23.7 Å². The van der Waals surface area contributed by atoms with Crippen molar-refractivity contribution in [3.05, 3.63) is 86.8 Å². The van der Waals surface area contributed by atoms with Crippen molar-refractivity contribution in [2.24, 2.45) is 14.1 Å². The van der Waals surface area contributed by atoms with E-state index in [2.05, 4.69) is 15.2 Å². The lowest BCUT2D eigenvalue weighted by molar-refractivity contribution is 0.102. The molecule has 0 aliphatic rings. The maximum atomic E-state index is 13.0. The molecule has 2 N–H and O–H groups in total. The summed E-state index contributed by atoms with van der Waals surface area (Å²) in [4.78, 5) is 42.5. The topological polar surface area (TPSA) is 131 Å². The SMILES string of the molecule is Cn1c(SCC(=O)c2c(N)n(Cc3ccccc3)c(=O)n(C)c2=O)nnc1-c1cccnc1. The standard InChI is InChI=1S/C22H21N7O3S/c1-27-19(15-9-6-10-24-11-15)25-26-21(27)33-13-16(30)17-18(23)29(22(32)28(2)20(17)31)12-14-7-4-3-5-8-14/h3-11H,12-13,23H2,1-2H3. The van der Waals surface area contributed by atoms with Gasteiger partial charge in [0.2, 0.25) is 0 Å². The van der Waals surface area contributed by atoms with Gasteiger partial charge in [-0.25, -0.2) is 4.79 Å². The van der Waals surface area contributed by atoms with Crippen LogP contribution in [0.25, 0.3) is 11.4 Å². The summed E-state index contributed by atoms with van der Waals surface area (Å²) in [6.07, 6.45) is 3.33. The fraction of sp³-hybridized carbons (Fsp3) is 0.182. The van der Waals surface area contributed by atoms with Gasteiger partial charge in [-0.15, -0.1) is 10.2 Å². The lowest BCUT2D eigenvalue weighted by Crippen LogP contribution is -2.43. The number of hydrogen-bond acceptors (Lipinski definition) is 8. The average Bonchev–Trinajstić information content (AvgIpc) is 3.20. The Morgan fingerprint density at radius 1 is 1.03 bits per heavy atom. The first-order chi connectivity index (χ1) is 15.9. The van der Waals surface area contributed by atoms with Crippen LogP contribution in [-0.2, 0) is 20.6 Å². The molecule has 11 heteroatoms. The van der Waals surface area contributed by atoms with E-state index in [1.54, 1.807) is 30.1 Å². The van der Waals surface area contributed by atoms with Crippen molar-refractivity contribution in [1.29, 1.82) is 0 Å². The second kappa shape index (κ2) is 9.25. The van der Waals surface area contributed by atoms with E-state index < -0.39 is 17.0 Å². The van der Waals surface area contributed by atoms with Crippen molar-refractivity contribution in [1.82, 2.24) is 28.9 Å². The maximum absolute atomic E-state index is 13.0. The number of thioether (sulfide) groups is 1. The van der Waals surface area contributed by atoms with Crippen LogP contribution >= 0.6 is 11.8 Å². The Kier molecular flexibility index (Phi) is 6.22. The highest BCUT2D eigenvalue weighted by Crippen LogP contribution is 2.23. The fourth-order valence-corrected chi connectivity index (χ4v) is 4.14. The Morgan fingerprint density at radius 2 is 1.79 bits per heavy atom. The molecule has 0 aliphatic carbocycles. The lowest BCUT2D eigenvalue weighted by atomic mass is 10.2. The zero-order valence-electron chi connectivity index (χ0n) is 18.0. The number of anilines is 1. The summed E-state index contributed by atoms with van der Waals surface area (Å²) in [5, 5.41) is 8.79. The molecule has 0 unspecified atom stereocenters. The number of carbonyl (C=O) groups excluding carboxylic acids is 1. The number of rotatable bonds is 7. The van der Waals surface area contributed by atoms with E-state index >= 15 is 0 Å². The third-order valence-corrected chi connectivity index (χ3v) is 6.15. The molecule has 0 saturated heterocycles. The summed E-state index contributed by atoms with van der Waals surface area (Å²) in [5.74, 6) is -0.135. The molecule has 0 atom stereocenters. The smallest absolute Gasteiger partial charge is 0.332 e. The summed E-state index contributed by atoms with van der Waals surface area (Å²) < 4.78 is 3.88. The highest BCUT2D eigenvalue weighted by molar-refractivity contribution is 7.99. The van der Waals surface area contributed by atoms with E-state index in [0.717, 1.165) is 27.5 Å². The largest absolute Gasteiger partial charge is 0.384 e. The summed E-state index contributed by atoms with van der Waals surface area (Å²) in [6, 6.07) is 12.9. The van der Waals surface area contributed by atoms with Gasteiger partial charge in [0.15, 0.2) is 16.8 Å². The van der Waals surface area contributed by atoms with Crippen LogP contribution in [0.3, 0.4) is 0 Å². The van der Waals surface area contributed by atoms with Crippen LogP contribution in [0.5, 0.6) is 0 Å². The first kappa shape index (κ1) is 22.2. The Bertz CT molecular complexity index is 1430. The van der Waals surface area contributed by atoms with Crippen LogP contribution in [0.2, 0.25) is 0 Å². The first-order valence-electron chi connectivity index (χ1n) is 9.97. The van der Waals surface area contributed by atoms with Gasteiger partial charge in [0.1, 0.15) is 11.4 Å². The molecule has 3 heterocycles. The number of aromatic nitrogens is 6. The summed E-state index contributed by atoms with van der Waals surface area (Å²) in [6.45, 7) is 0.144. The molecule has 0 bridgehead atoms. The molecular formula is C22H21N7O3S. The predicted octanol–water partition coefficient (Wildman–Crippen LogP) is 1.34. The summed E-state index contributed by atoms with van der Waals surface area (Å²) in [5.41, 5.74) is 6.25. The van der Waals surface area contributed by atoms with Crippen molar-refractivity contribution in [2.45, 2.75) is 11.7 Å². The highest BCUT2D eigenvalue weighted by atomic mass is 32.2. The van der Waals surface area contributed by atoms with Crippen LogP contribution in [0.4, 0.5) is 5.82 Å².